The van der Waals surface area contributed by atoms with Crippen LogP contribution in [-0.4, -0.2) is 18.7 Å². The quantitative estimate of drug-likeness (QED) is 0.789. The van der Waals surface area contributed by atoms with Crippen molar-refractivity contribution in [3.05, 3.63) is 41.5 Å². The Morgan fingerprint density at radius 1 is 1.12 bits per heavy atom. The first-order chi connectivity index (χ1) is 12.2. The molecule has 1 aliphatic heterocycles. The number of carboxylic acid groups (broad SMARTS) is 1. The molecule has 0 spiro atoms. The maximum atomic E-state index is 10.8. The Morgan fingerprint density at radius 2 is 1.92 bits per heavy atom. The fourth-order valence-corrected chi connectivity index (χ4v) is 4.88. The van der Waals surface area contributed by atoms with Crippen molar-refractivity contribution in [2.45, 2.75) is 57.2 Å². The lowest BCUT2D eigenvalue weighted by Crippen LogP contribution is -2.41. The van der Waals surface area contributed by atoms with Gasteiger partial charge in [0.1, 0.15) is 12.4 Å². The van der Waals surface area contributed by atoms with Crippen molar-refractivity contribution in [1.29, 1.82) is 0 Å². The lowest BCUT2D eigenvalue weighted by atomic mass is 9.68. The number of carbonyl (C=O) groups excluding carboxylic acids is 1. The number of allylic oxidation sites excluding steroid dienone is 1. The second-order valence-electron chi connectivity index (χ2n) is 7.43. The zero-order valence-corrected chi connectivity index (χ0v) is 14.5. The smallest absolute Gasteiger partial charge is 0.128 e. The Hall–Kier alpha value is -1.81. The molecular weight excluding hydrogens is 316 g/mol. The molecule has 134 valence electrons. The number of para-hydroxylation sites is 1. The van der Waals surface area contributed by atoms with Crippen molar-refractivity contribution in [3.63, 3.8) is 0 Å². The second-order valence-corrected chi connectivity index (χ2v) is 7.43. The maximum Gasteiger partial charge on any atom is 0.128 e. The van der Waals surface area contributed by atoms with Gasteiger partial charge < -0.3 is 19.4 Å². The fraction of sp³-hybridized carbons (Fsp3) is 0.571. The summed E-state index contributed by atoms with van der Waals surface area (Å²) < 4.78 is 12.1. The molecular formula is C21H25O4-. The highest BCUT2D eigenvalue weighted by molar-refractivity contribution is 5.66. The summed E-state index contributed by atoms with van der Waals surface area (Å²) in [7, 11) is 0. The third-order valence-electron chi connectivity index (χ3n) is 5.92. The SMILES string of the molecule is O=C([O-])COc1ccccc1[C@@H]1O[C@@H]2CCCC[C@H]2C2=CCCC[C@H]21. The number of carbonyl (C=O) groups is 1. The third-order valence-corrected chi connectivity index (χ3v) is 5.92. The zero-order valence-electron chi connectivity index (χ0n) is 14.5. The highest BCUT2D eigenvalue weighted by atomic mass is 16.5. The predicted molar refractivity (Wildman–Crippen MR) is 91.9 cm³/mol. The van der Waals surface area contributed by atoms with Crippen molar-refractivity contribution < 1.29 is 19.4 Å². The van der Waals surface area contributed by atoms with Crippen LogP contribution in [-0.2, 0) is 9.53 Å². The molecule has 2 fully saturated rings. The lowest BCUT2D eigenvalue weighted by molar-refractivity contribution is -0.307. The van der Waals surface area contributed by atoms with Crippen molar-refractivity contribution in [2.75, 3.05) is 6.61 Å². The largest absolute Gasteiger partial charge is 0.546 e. The number of benzene rings is 1. The molecule has 3 aliphatic rings. The predicted octanol–water partition coefficient (Wildman–Crippen LogP) is 3.17. The van der Waals surface area contributed by atoms with Crippen LogP contribution in [0, 0.1) is 11.8 Å². The van der Waals surface area contributed by atoms with Crippen LogP contribution >= 0.6 is 0 Å². The molecule has 0 unspecified atom stereocenters. The van der Waals surface area contributed by atoms with Crippen LogP contribution in [0.2, 0.25) is 0 Å². The number of ether oxygens (including phenoxy) is 2. The summed E-state index contributed by atoms with van der Waals surface area (Å²) in [6.45, 7) is -0.427. The topological polar surface area (TPSA) is 58.6 Å². The van der Waals surface area contributed by atoms with Crippen molar-refractivity contribution >= 4 is 5.97 Å². The highest BCUT2D eigenvalue weighted by Crippen LogP contribution is 2.52. The average molecular weight is 341 g/mol. The second kappa shape index (κ2) is 7.20. The average Bonchev–Trinajstić information content (AvgIpc) is 2.66. The molecule has 0 amide bonds. The first kappa shape index (κ1) is 16.6. The minimum absolute atomic E-state index is 0.0381. The Bertz CT molecular complexity index is 666. The van der Waals surface area contributed by atoms with Gasteiger partial charge >= 0.3 is 0 Å². The molecule has 0 aromatic heterocycles. The molecule has 0 radical (unpaired) electrons. The van der Waals surface area contributed by atoms with Crippen LogP contribution in [0.25, 0.3) is 0 Å². The summed E-state index contributed by atoms with van der Waals surface area (Å²) in [4.78, 5) is 10.8. The van der Waals surface area contributed by atoms with Gasteiger partial charge in [-0.25, -0.2) is 0 Å². The summed E-state index contributed by atoms with van der Waals surface area (Å²) in [5.41, 5.74) is 2.56. The van der Waals surface area contributed by atoms with Crippen LogP contribution in [0.3, 0.4) is 0 Å². The lowest BCUT2D eigenvalue weighted by Gasteiger charge is -2.47. The number of carboxylic acids is 1. The summed E-state index contributed by atoms with van der Waals surface area (Å²) >= 11 is 0. The normalized spacial score (nSPS) is 31.4. The molecule has 4 nitrogen and oxygen atoms in total. The first-order valence-electron chi connectivity index (χ1n) is 9.51. The molecule has 4 heteroatoms. The number of fused-ring (bicyclic) bond motifs is 3. The Labute approximate surface area is 148 Å². The van der Waals surface area contributed by atoms with E-state index in [2.05, 4.69) is 6.08 Å². The van der Waals surface area contributed by atoms with Gasteiger partial charge in [0.2, 0.25) is 0 Å². The third kappa shape index (κ3) is 3.32. The molecule has 2 aliphatic carbocycles. The van der Waals surface area contributed by atoms with E-state index in [4.69, 9.17) is 9.47 Å². The zero-order chi connectivity index (χ0) is 17.2. The standard InChI is InChI=1S/C21H26O4/c22-20(23)13-24-18-11-5-4-10-17(18)21-16-9-2-1-7-14(16)15-8-3-6-12-19(15)25-21/h4-5,7,10-11,15-16,19,21H,1-3,6,8-9,12-13H2,(H,22,23)/p-1/t15-,16+,19+,21+/m0/s1. The minimum Gasteiger partial charge on any atom is -0.546 e. The molecule has 0 N–H and O–H groups in total. The first-order valence-corrected chi connectivity index (χ1v) is 9.51. The van der Waals surface area contributed by atoms with E-state index in [1.54, 1.807) is 5.57 Å². The molecule has 1 saturated heterocycles. The number of aliphatic carboxylic acids is 1. The van der Waals surface area contributed by atoms with Gasteiger partial charge in [-0.15, -0.1) is 0 Å². The molecule has 4 atom stereocenters. The van der Waals surface area contributed by atoms with E-state index in [0.717, 1.165) is 18.4 Å². The maximum absolute atomic E-state index is 10.8. The van der Waals surface area contributed by atoms with E-state index in [1.807, 2.05) is 24.3 Å². The van der Waals surface area contributed by atoms with Crippen LogP contribution in [0.1, 0.15) is 56.6 Å². The Kier molecular flexibility index (Phi) is 4.80. The van der Waals surface area contributed by atoms with Gasteiger partial charge in [-0.3, -0.25) is 0 Å². The van der Waals surface area contributed by atoms with Crippen LogP contribution in [0.4, 0.5) is 0 Å². The monoisotopic (exact) mass is 341 g/mol. The van der Waals surface area contributed by atoms with Crippen molar-refractivity contribution in [2.24, 2.45) is 11.8 Å². The summed E-state index contributed by atoms with van der Waals surface area (Å²) in [6, 6.07) is 7.70. The van der Waals surface area contributed by atoms with Crippen LogP contribution in [0.15, 0.2) is 35.9 Å². The van der Waals surface area contributed by atoms with Crippen LogP contribution in [0.5, 0.6) is 5.75 Å². The van der Waals surface area contributed by atoms with E-state index in [0.29, 0.717) is 17.6 Å². The van der Waals surface area contributed by atoms with Crippen molar-refractivity contribution in [1.82, 2.24) is 0 Å². The number of hydrogen-bond acceptors (Lipinski definition) is 4. The Morgan fingerprint density at radius 3 is 2.80 bits per heavy atom. The Balaban J connectivity index is 1.66. The molecule has 1 saturated carbocycles. The van der Waals surface area contributed by atoms with E-state index in [1.165, 1.54) is 32.1 Å². The summed E-state index contributed by atoms with van der Waals surface area (Å²) in [5, 5.41) is 10.8. The summed E-state index contributed by atoms with van der Waals surface area (Å²) in [6.07, 6.45) is 11.1. The van der Waals surface area contributed by atoms with E-state index in [9.17, 15) is 9.90 Å². The highest BCUT2D eigenvalue weighted by Gasteiger charge is 2.44. The molecule has 4 rings (SSSR count). The van der Waals surface area contributed by atoms with Gasteiger partial charge in [0.25, 0.3) is 0 Å². The van der Waals surface area contributed by atoms with Gasteiger partial charge in [-0.2, -0.15) is 0 Å². The van der Waals surface area contributed by atoms with E-state index >= 15 is 0 Å². The molecule has 1 heterocycles. The van der Waals surface area contributed by atoms with E-state index in [-0.39, 0.29) is 12.2 Å². The summed E-state index contributed by atoms with van der Waals surface area (Å²) in [5.74, 6) is 0.369. The van der Waals surface area contributed by atoms with Gasteiger partial charge in [0, 0.05) is 17.4 Å². The molecule has 0 bridgehead atoms. The van der Waals surface area contributed by atoms with Gasteiger partial charge in [-0.05, 0) is 38.2 Å². The molecule has 1 aromatic rings. The number of hydrogen-bond donors (Lipinski definition) is 0. The van der Waals surface area contributed by atoms with E-state index < -0.39 is 12.6 Å². The van der Waals surface area contributed by atoms with Crippen molar-refractivity contribution in [3.8, 4) is 5.75 Å². The fourth-order valence-electron chi connectivity index (χ4n) is 4.88. The van der Waals surface area contributed by atoms with Gasteiger partial charge in [0.05, 0.1) is 18.2 Å². The van der Waals surface area contributed by atoms with Crippen LogP contribution < -0.4 is 9.84 Å². The number of rotatable bonds is 4. The molecule has 25 heavy (non-hydrogen) atoms. The molecule has 1 aromatic carbocycles. The minimum atomic E-state index is -1.20. The van der Waals surface area contributed by atoms with Gasteiger partial charge in [0.15, 0.2) is 0 Å². The van der Waals surface area contributed by atoms with Gasteiger partial charge in [-0.1, -0.05) is 42.7 Å².